The van der Waals surface area contributed by atoms with Gasteiger partial charge in [-0.3, -0.25) is 14.5 Å². The predicted molar refractivity (Wildman–Crippen MR) is 130 cm³/mol. The molecule has 32 heavy (non-hydrogen) atoms. The van der Waals surface area contributed by atoms with Gasteiger partial charge in [-0.25, -0.2) is 0 Å². The van der Waals surface area contributed by atoms with Crippen molar-refractivity contribution in [2.45, 2.75) is 12.8 Å². The van der Waals surface area contributed by atoms with Crippen molar-refractivity contribution >= 4 is 51.9 Å². The van der Waals surface area contributed by atoms with Gasteiger partial charge in [-0.1, -0.05) is 30.0 Å². The van der Waals surface area contributed by atoms with Crippen molar-refractivity contribution in [2.75, 3.05) is 33.2 Å². The van der Waals surface area contributed by atoms with Gasteiger partial charge in [0.1, 0.15) is 10.1 Å². The third-order valence-electron chi connectivity index (χ3n) is 4.74. The standard InChI is InChI=1S/C23H24N2O5S2/c1-28-17-9-7-16(8-10-17)24-21(26)5-4-12-25-22(27)20(32-23(25)31)14-15-6-11-18(29-2)19(13-15)30-3/h6-11,13-14H,4-5,12H2,1-3H3,(H,24,26)/b20-14-. The summed E-state index contributed by atoms with van der Waals surface area (Å²) in [7, 11) is 4.72. The Labute approximate surface area is 196 Å². The number of ether oxygens (including phenoxy) is 3. The molecule has 0 atom stereocenters. The van der Waals surface area contributed by atoms with Crippen LogP contribution in [0.5, 0.6) is 17.2 Å². The van der Waals surface area contributed by atoms with E-state index in [0.29, 0.717) is 39.4 Å². The highest BCUT2D eigenvalue weighted by Gasteiger charge is 2.31. The van der Waals surface area contributed by atoms with E-state index in [1.807, 2.05) is 6.07 Å². The van der Waals surface area contributed by atoms with E-state index in [-0.39, 0.29) is 18.2 Å². The molecule has 0 aliphatic carbocycles. The zero-order valence-corrected chi connectivity index (χ0v) is 19.7. The first-order chi connectivity index (χ1) is 15.4. The molecule has 9 heteroatoms. The van der Waals surface area contributed by atoms with Crippen LogP contribution < -0.4 is 19.5 Å². The summed E-state index contributed by atoms with van der Waals surface area (Å²) in [6.07, 6.45) is 2.55. The Bertz CT molecular complexity index is 1040. The molecule has 0 radical (unpaired) electrons. The smallest absolute Gasteiger partial charge is 0.266 e. The summed E-state index contributed by atoms with van der Waals surface area (Å²) >= 11 is 6.63. The van der Waals surface area contributed by atoms with Crippen molar-refractivity contribution in [3.63, 3.8) is 0 Å². The molecule has 2 amide bonds. The van der Waals surface area contributed by atoms with E-state index in [0.717, 1.165) is 11.3 Å². The Balaban J connectivity index is 1.55. The number of methoxy groups -OCH3 is 3. The maximum Gasteiger partial charge on any atom is 0.266 e. The number of nitrogens with one attached hydrogen (secondary N) is 1. The van der Waals surface area contributed by atoms with Crippen LogP contribution in [0.25, 0.3) is 6.08 Å². The molecule has 1 N–H and O–H groups in total. The van der Waals surface area contributed by atoms with Crippen LogP contribution in [0.15, 0.2) is 47.4 Å². The minimum absolute atomic E-state index is 0.124. The van der Waals surface area contributed by atoms with E-state index in [1.165, 1.54) is 16.7 Å². The lowest BCUT2D eigenvalue weighted by Gasteiger charge is -2.14. The number of thiocarbonyl (C=S) groups is 1. The molecular weight excluding hydrogens is 448 g/mol. The van der Waals surface area contributed by atoms with Crippen molar-refractivity contribution < 1.29 is 23.8 Å². The van der Waals surface area contributed by atoms with E-state index >= 15 is 0 Å². The van der Waals surface area contributed by atoms with Crippen LogP contribution in [0.2, 0.25) is 0 Å². The Morgan fingerprint density at radius 1 is 1.06 bits per heavy atom. The van der Waals surface area contributed by atoms with Crippen molar-refractivity contribution in [2.24, 2.45) is 0 Å². The number of carbonyl (C=O) groups is 2. The van der Waals surface area contributed by atoms with Gasteiger partial charge in [-0.2, -0.15) is 0 Å². The van der Waals surface area contributed by atoms with Crippen LogP contribution in [-0.2, 0) is 9.59 Å². The zero-order valence-electron chi connectivity index (χ0n) is 18.0. The lowest BCUT2D eigenvalue weighted by atomic mass is 10.2. The molecule has 1 aliphatic rings. The second kappa shape index (κ2) is 11.0. The molecule has 0 unspecified atom stereocenters. The second-order valence-electron chi connectivity index (χ2n) is 6.83. The lowest BCUT2D eigenvalue weighted by Crippen LogP contribution is -2.29. The van der Waals surface area contributed by atoms with Gasteiger partial charge in [0.15, 0.2) is 11.5 Å². The van der Waals surface area contributed by atoms with Gasteiger partial charge in [-0.05, 0) is 54.5 Å². The fourth-order valence-corrected chi connectivity index (χ4v) is 4.39. The number of hydrogen-bond acceptors (Lipinski definition) is 7. The first-order valence-corrected chi connectivity index (χ1v) is 11.1. The number of thioether (sulfide) groups is 1. The molecule has 1 heterocycles. The van der Waals surface area contributed by atoms with Gasteiger partial charge in [-0.15, -0.1) is 0 Å². The maximum absolute atomic E-state index is 12.8. The van der Waals surface area contributed by atoms with Crippen LogP contribution >= 0.6 is 24.0 Å². The number of amides is 2. The lowest BCUT2D eigenvalue weighted by molar-refractivity contribution is -0.122. The van der Waals surface area contributed by atoms with Crippen LogP contribution in [0.4, 0.5) is 5.69 Å². The van der Waals surface area contributed by atoms with E-state index in [1.54, 1.807) is 63.8 Å². The maximum atomic E-state index is 12.8. The first-order valence-electron chi connectivity index (χ1n) is 9.86. The number of rotatable bonds is 9. The SMILES string of the molecule is COc1ccc(NC(=O)CCCN2C(=O)/C(=C/c3ccc(OC)c(OC)c3)SC2=S)cc1. The van der Waals surface area contributed by atoms with E-state index < -0.39 is 0 Å². The average molecular weight is 473 g/mol. The fourth-order valence-electron chi connectivity index (χ4n) is 3.08. The normalized spacial score (nSPS) is 14.6. The molecule has 2 aromatic carbocycles. The van der Waals surface area contributed by atoms with Crippen molar-refractivity contribution in [1.82, 2.24) is 4.90 Å². The van der Waals surface area contributed by atoms with Gasteiger partial charge in [0.05, 0.1) is 26.2 Å². The fraction of sp³-hybridized carbons (Fsp3) is 0.261. The minimum Gasteiger partial charge on any atom is -0.497 e. The molecule has 1 aliphatic heterocycles. The second-order valence-corrected chi connectivity index (χ2v) is 8.50. The van der Waals surface area contributed by atoms with E-state index in [4.69, 9.17) is 26.4 Å². The first kappa shape index (κ1) is 23.6. The molecule has 168 valence electrons. The summed E-state index contributed by atoms with van der Waals surface area (Å²) in [6, 6.07) is 12.5. The van der Waals surface area contributed by atoms with E-state index in [2.05, 4.69) is 5.32 Å². The highest BCUT2D eigenvalue weighted by atomic mass is 32.2. The van der Waals surface area contributed by atoms with Gasteiger partial charge in [0, 0.05) is 18.7 Å². The molecule has 0 aromatic heterocycles. The van der Waals surface area contributed by atoms with Crippen molar-refractivity contribution in [3.05, 3.63) is 52.9 Å². The number of anilines is 1. The number of carbonyl (C=O) groups excluding carboxylic acids is 2. The Morgan fingerprint density at radius 2 is 1.78 bits per heavy atom. The molecule has 0 bridgehead atoms. The van der Waals surface area contributed by atoms with Crippen LogP contribution in [-0.4, -0.2) is 48.9 Å². The molecule has 0 spiro atoms. The number of nitrogens with zero attached hydrogens (tertiary/aromatic N) is 1. The zero-order chi connectivity index (χ0) is 23.1. The Hall–Kier alpha value is -3.04. The number of hydrogen-bond donors (Lipinski definition) is 1. The minimum atomic E-state index is -0.162. The summed E-state index contributed by atoms with van der Waals surface area (Å²) in [5.74, 6) is 1.63. The predicted octanol–water partition coefficient (Wildman–Crippen LogP) is 4.33. The van der Waals surface area contributed by atoms with E-state index in [9.17, 15) is 9.59 Å². The molecule has 7 nitrogen and oxygen atoms in total. The summed E-state index contributed by atoms with van der Waals surface area (Å²) in [4.78, 5) is 27.1. The Kier molecular flexibility index (Phi) is 8.13. The molecule has 2 aromatic rings. The summed E-state index contributed by atoms with van der Waals surface area (Å²) < 4.78 is 16.1. The van der Waals surface area contributed by atoms with Crippen LogP contribution in [0.3, 0.4) is 0 Å². The third-order valence-corrected chi connectivity index (χ3v) is 6.12. The van der Waals surface area contributed by atoms with Gasteiger partial charge in [0.2, 0.25) is 5.91 Å². The summed E-state index contributed by atoms with van der Waals surface area (Å²) in [5, 5.41) is 2.83. The average Bonchev–Trinajstić information content (AvgIpc) is 3.06. The molecular formula is C23H24N2O5S2. The van der Waals surface area contributed by atoms with Crippen molar-refractivity contribution in [3.8, 4) is 17.2 Å². The van der Waals surface area contributed by atoms with Gasteiger partial charge >= 0.3 is 0 Å². The monoisotopic (exact) mass is 472 g/mol. The van der Waals surface area contributed by atoms with Crippen molar-refractivity contribution in [1.29, 1.82) is 0 Å². The summed E-state index contributed by atoms with van der Waals surface area (Å²) in [5.41, 5.74) is 1.50. The Morgan fingerprint density at radius 3 is 2.44 bits per heavy atom. The highest BCUT2D eigenvalue weighted by Crippen LogP contribution is 2.34. The molecule has 0 saturated carbocycles. The summed E-state index contributed by atoms with van der Waals surface area (Å²) in [6.45, 7) is 0.379. The quantitative estimate of drug-likeness (QED) is 0.430. The molecule has 1 saturated heterocycles. The highest BCUT2D eigenvalue weighted by molar-refractivity contribution is 8.26. The third kappa shape index (κ3) is 5.80. The van der Waals surface area contributed by atoms with Crippen LogP contribution in [0, 0.1) is 0 Å². The topological polar surface area (TPSA) is 77.1 Å². The van der Waals surface area contributed by atoms with Crippen LogP contribution in [0.1, 0.15) is 18.4 Å². The van der Waals surface area contributed by atoms with Gasteiger partial charge in [0.25, 0.3) is 5.91 Å². The number of benzene rings is 2. The van der Waals surface area contributed by atoms with Gasteiger partial charge < -0.3 is 19.5 Å². The molecule has 1 fully saturated rings. The largest absolute Gasteiger partial charge is 0.497 e. The molecule has 3 rings (SSSR count).